The Morgan fingerprint density at radius 2 is 2.00 bits per heavy atom. The second kappa shape index (κ2) is 6.37. The van der Waals surface area contributed by atoms with Gasteiger partial charge in [-0.05, 0) is 17.7 Å². The van der Waals surface area contributed by atoms with Crippen molar-refractivity contribution in [1.29, 1.82) is 0 Å². The van der Waals surface area contributed by atoms with Gasteiger partial charge in [-0.1, -0.05) is 41.7 Å². The molecule has 0 unspecified atom stereocenters. The predicted octanol–water partition coefficient (Wildman–Crippen LogP) is 3.86. The van der Waals surface area contributed by atoms with E-state index in [1.54, 1.807) is 12.1 Å². The van der Waals surface area contributed by atoms with Crippen LogP contribution in [0.3, 0.4) is 0 Å². The molecule has 1 N–H and O–H groups in total. The molecule has 3 aromatic rings. The van der Waals surface area contributed by atoms with Crippen LogP contribution in [0.25, 0.3) is 16.3 Å². The van der Waals surface area contributed by atoms with Gasteiger partial charge in [-0.25, -0.2) is 4.98 Å². The summed E-state index contributed by atoms with van der Waals surface area (Å²) in [6.07, 6.45) is 3.12. The topological polar surface area (TPSA) is 85.1 Å². The minimum atomic E-state index is -0.458. The number of anilines is 1. The molecule has 0 spiro atoms. The molecule has 6 nitrogen and oxygen atoms in total. The molecule has 0 radical (unpaired) electrons. The number of nitro groups is 1. The molecular formula is C16H11N3O3S. The Balaban J connectivity index is 1.74. The summed E-state index contributed by atoms with van der Waals surface area (Å²) >= 11 is 1.20. The largest absolute Gasteiger partial charge is 0.298 e. The van der Waals surface area contributed by atoms with E-state index in [1.807, 2.05) is 30.3 Å². The number of fused-ring (bicyclic) bond motifs is 1. The Kier molecular flexibility index (Phi) is 4.11. The molecule has 0 atom stereocenters. The smallest absolute Gasteiger partial charge is 0.270 e. The Bertz CT molecular complexity index is 903. The zero-order chi connectivity index (χ0) is 16.2. The minimum Gasteiger partial charge on any atom is -0.298 e. The molecule has 23 heavy (non-hydrogen) atoms. The zero-order valence-electron chi connectivity index (χ0n) is 11.8. The van der Waals surface area contributed by atoms with Gasteiger partial charge >= 0.3 is 0 Å². The summed E-state index contributed by atoms with van der Waals surface area (Å²) in [5.74, 6) is -0.303. The van der Waals surface area contributed by atoms with Crippen molar-refractivity contribution in [2.24, 2.45) is 0 Å². The van der Waals surface area contributed by atoms with Crippen molar-refractivity contribution in [3.05, 3.63) is 70.3 Å². The third kappa shape index (κ3) is 3.58. The summed E-state index contributed by atoms with van der Waals surface area (Å²) in [6, 6.07) is 13.9. The molecule has 0 saturated heterocycles. The van der Waals surface area contributed by atoms with Gasteiger partial charge in [-0.3, -0.25) is 20.2 Å². The second-order valence-electron chi connectivity index (χ2n) is 4.66. The lowest BCUT2D eigenvalue weighted by atomic mass is 10.2. The van der Waals surface area contributed by atoms with Gasteiger partial charge in [0.1, 0.15) is 0 Å². The number of nitrogens with zero attached hydrogens (tertiary/aromatic N) is 2. The van der Waals surface area contributed by atoms with Crippen molar-refractivity contribution in [1.82, 2.24) is 4.98 Å². The molecule has 0 saturated carbocycles. The number of non-ortho nitro benzene ring substituents is 1. The molecule has 0 fully saturated rings. The number of hydrogen-bond acceptors (Lipinski definition) is 5. The van der Waals surface area contributed by atoms with E-state index in [1.165, 1.54) is 29.5 Å². The van der Waals surface area contributed by atoms with E-state index in [4.69, 9.17) is 0 Å². The number of amides is 1. The maximum atomic E-state index is 11.9. The Labute approximate surface area is 135 Å². The van der Waals surface area contributed by atoms with Gasteiger partial charge < -0.3 is 0 Å². The van der Waals surface area contributed by atoms with Crippen molar-refractivity contribution in [3.63, 3.8) is 0 Å². The lowest BCUT2D eigenvalue weighted by molar-refractivity contribution is -0.384. The first-order chi connectivity index (χ1) is 11.1. The highest BCUT2D eigenvalue weighted by Crippen LogP contribution is 2.29. The quantitative estimate of drug-likeness (QED) is 0.448. The van der Waals surface area contributed by atoms with Gasteiger partial charge in [0.25, 0.3) is 5.69 Å². The van der Waals surface area contributed by atoms with Crippen molar-refractivity contribution >= 4 is 44.4 Å². The third-order valence-electron chi connectivity index (χ3n) is 3.04. The molecule has 3 rings (SSSR count). The van der Waals surface area contributed by atoms with Crippen molar-refractivity contribution in [2.45, 2.75) is 0 Å². The first-order valence-electron chi connectivity index (χ1n) is 6.71. The van der Waals surface area contributed by atoms with E-state index in [0.717, 1.165) is 5.56 Å². The number of thiazole rings is 1. The van der Waals surface area contributed by atoms with E-state index < -0.39 is 4.92 Å². The Morgan fingerprint density at radius 1 is 1.22 bits per heavy atom. The lowest BCUT2D eigenvalue weighted by Crippen LogP contribution is -2.07. The van der Waals surface area contributed by atoms with Gasteiger partial charge in [-0.15, -0.1) is 0 Å². The highest BCUT2D eigenvalue weighted by molar-refractivity contribution is 7.22. The van der Waals surface area contributed by atoms with E-state index in [2.05, 4.69) is 10.3 Å². The summed E-state index contributed by atoms with van der Waals surface area (Å²) in [5.41, 5.74) is 1.54. The molecule has 7 heteroatoms. The predicted molar refractivity (Wildman–Crippen MR) is 90.4 cm³/mol. The van der Waals surface area contributed by atoms with Crippen molar-refractivity contribution in [2.75, 3.05) is 5.32 Å². The number of carbonyl (C=O) groups excluding carboxylic acids is 1. The fourth-order valence-electron chi connectivity index (χ4n) is 1.96. The van der Waals surface area contributed by atoms with Crippen molar-refractivity contribution < 1.29 is 9.72 Å². The summed E-state index contributed by atoms with van der Waals surface area (Å²) < 4.78 is 0.654. The first-order valence-corrected chi connectivity index (χ1v) is 7.52. The third-order valence-corrected chi connectivity index (χ3v) is 3.97. The van der Waals surface area contributed by atoms with Crippen LogP contribution < -0.4 is 5.32 Å². The average molecular weight is 325 g/mol. The van der Waals surface area contributed by atoms with Gasteiger partial charge in [0, 0.05) is 18.2 Å². The van der Waals surface area contributed by atoms with Crippen LogP contribution in [0.2, 0.25) is 0 Å². The Morgan fingerprint density at radius 3 is 2.74 bits per heavy atom. The first kappa shape index (κ1) is 14.9. The number of nitro benzene ring substituents is 1. The summed E-state index contributed by atoms with van der Waals surface area (Å²) in [7, 11) is 0. The lowest BCUT2D eigenvalue weighted by Gasteiger charge is -1.95. The number of nitrogens with one attached hydrogen (secondary N) is 1. The van der Waals surface area contributed by atoms with Crippen LogP contribution in [0, 0.1) is 10.1 Å². The fraction of sp³-hybridized carbons (Fsp3) is 0. The van der Waals surface area contributed by atoms with Gasteiger partial charge in [-0.2, -0.15) is 0 Å². The molecule has 0 aliphatic carbocycles. The molecule has 1 aromatic heterocycles. The molecule has 114 valence electrons. The van der Waals surface area contributed by atoms with E-state index >= 15 is 0 Å². The fourth-order valence-corrected chi connectivity index (χ4v) is 2.87. The molecule has 0 aliphatic heterocycles. The SMILES string of the molecule is O=C(/C=C\c1ccccc1)Nc1nc2ccc([N+](=O)[O-])cc2s1. The Hall–Kier alpha value is -3.06. The molecule has 0 bridgehead atoms. The summed E-state index contributed by atoms with van der Waals surface area (Å²) in [5, 5.41) is 13.8. The van der Waals surface area contributed by atoms with Crippen LogP contribution >= 0.6 is 11.3 Å². The van der Waals surface area contributed by atoms with Gasteiger partial charge in [0.2, 0.25) is 5.91 Å². The molecule has 0 aliphatic rings. The van der Waals surface area contributed by atoms with Crippen LogP contribution in [0.15, 0.2) is 54.6 Å². The molecule has 1 amide bonds. The minimum absolute atomic E-state index is 0.00278. The standard InChI is InChI=1S/C16H11N3O3S/c20-15(9-6-11-4-2-1-3-5-11)18-16-17-13-8-7-12(19(21)22)10-14(13)23-16/h1-10H,(H,17,18,20)/b9-6-. The van der Waals surface area contributed by atoms with Gasteiger partial charge in [0.15, 0.2) is 5.13 Å². The number of aromatic nitrogens is 1. The normalized spacial score (nSPS) is 11.0. The van der Waals surface area contributed by atoms with Crippen LogP contribution in [0.4, 0.5) is 10.8 Å². The van der Waals surface area contributed by atoms with Gasteiger partial charge in [0.05, 0.1) is 15.1 Å². The van der Waals surface area contributed by atoms with E-state index in [0.29, 0.717) is 15.3 Å². The van der Waals surface area contributed by atoms with Crippen molar-refractivity contribution in [3.8, 4) is 0 Å². The summed E-state index contributed by atoms with van der Waals surface area (Å²) in [4.78, 5) is 26.4. The maximum absolute atomic E-state index is 11.9. The van der Waals surface area contributed by atoms with Crippen LogP contribution in [-0.2, 0) is 4.79 Å². The maximum Gasteiger partial charge on any atom is 0.270 e. The highest BCUT2D eigenvalue weighted by Gasteiger charge is 2.11. The van der Waals surface area contributed by atoms with E-state index in [-0.39, 0.29) is 11.6 Å². The second-order valence-corrected chi connectivity index (χ2v) is 5.69. The molecular weight excluding hydrogens is 314 g/mol. The number of hydrogen-bond donors (Lipinski definition) is 1. The average Bonchev–Trinajstić information content (AvgIpc) is 2.95. The van der Waals surface area contributed by atoms with Crippen LogP contribution in [0.1, 0.15) is 5.56 Å². The number of rotatable bonds is 4. The highest BCUT2D eigenvalue weighted by atomic mass is 32.1. The zero-order valence-corrected chi connectivity index (χ0v) is 12.6. The van der Waals surface area contributed by atoms with Crippen LogP contribution in [0.5, 0.6) is 0 Å². The number of carbonyl (C=O) groups is 1. The summed E-state index contributed by atoms with van der Waals surface area (Å²) in [6.45, 7) is 0. The van der Waals surface area contributed by atoms with E-state index in [9.17, 15) is 14.9 Å². The monoisotopic (exact) mass is 325 g/mol. The van der Waals surface area contributed by atoms with Crippen LogP contribution in [-0.4, -0.2) is 15.8 Å². The number of benzene rings is 2. The molecule has 2 aromatic carbocycles. The molecule has 1 heterocycles.